The number of aliphatic hydroxyl groups is 1. The van der Waals surface area contributed by atoms with Gasteiger partial charge in [-0.05, 0) is 50.7 Å². The second-order valence-electron chi connectivity index (χ2n) is 8.50. The lowest BCUT2D eigenvalue weighted by molar-refractivity contribution is 0.0918. The minimum atomic E-state index is -0.517. The van der Waals surface area contributed by atoms with E-state index >= 15 is 0 Å². The molecule has 0 aromatic carbocycles. The third-order valence-electron chi connectivity index (χ3n) is 6.45. The fraction of sp³-hybridized carbons (Fsp3) is 0.455. The molecular formula is C22H27N7O3. The third kappa shape index (κ3) is 3.60. The highest BCUT2D eigenvalue weighted by Crippen LogP contribution is 2.29. The smallest absolute Gasteiger partial charge is 0.274 e. The van der Waals surface area contributed by atoms with E-state index in [1.54, 1.807) is 40.5 Å². The molecule has 168 valence electrons. The summed E-state index contributed by atoms with van der Waals surface area (Å²) in [6.45, 7) is 0. The van der Waals surface area contributed by atoms with Gasteiger partial charge in [0, 0.05) is 25.4 Å². The van der Waals surface area contributed by atoms with E-state index in [1.165, 1.54) is 6.20 Å². The summed E-state index contributed by atoms with van der Waals surface area (Å²) >= 11 is 0. The first-order chi connectivity index (χ1) is 15.5. The van der Waals surface area contributed by atoms with Gasteiger partial charge in [-0.2, -0.15) is 9.61 Å². The van der Waals surface area contributed by atoms with Gasteiger partial charge in [0.15, 0.2) is 5.65 Å². The fourth-order valence-corrected chi connectivity index (χ4v) is 4.43. The molecule has 2 aliphatic rings. The highest BCUT2D eigenvalue weighted by Gasteiger charge is 2.28. The van der Waals surface area contributed by atoms with E-state index in [1.807, 2.05) is 0 Å². The predicted octanol–water partition coefficient (Wildman–Crippen LogP) is 2.04. The molecule has 10 nitrogen and oxygen atoms in total. The number of pyridine rings is 1. The Kier molecular flexibility index (Phi) is 5.30. The van der Waals surface area contributed by atoms with Crippen molar-refractivity contribution in [2.75, 3.05) is 17.7 Å². The predicted molar refractivity (Wildman–Crippen MR) is 121 cm³/mol. The lowest BCUT2D eigenvalue weighted by Crippen LogP contribution is -2.39. The Labute approximate surface area is 184 Å². The summed E-state index contributed by atoms with van der Waals surface area (Å²) in [6.07, 6.45) is 8.18. The molecular weight excluding hydrogens is 410 g/mol. The maximum atomic E-state index is 13.1. The number of nitrogens with one attached hydrogen (secondary N) is 3. The molecule has 2 aliphatic carbocycles. The third-order valence-corrected chi connectivity index (χ3v) is 6.45. The van der Waals surface area contributed by atoms with Crippen molar-refractivity contribution >= 4 is 28.9 Å². The van der Waals surface area contributed by atoms with Gasteiger partial charge in [0.05, 0.1) is 18.3 Å². The zero-order valence-electron chi connectivity index (χ0n) is 17.9. The van der Waals surface area contributed by atoms with Crippen LogP contribution in [0.2, 0.25) is 0 Å². The summed E-state index contributed by atoms with van der Waals surface area (Å²) < 4.78 is 3.16. The van der Waals surface area contributed by atoms with Crippen LogP contribution in [0.1, 0.15) is 54.9 Å². The molecule has 1 amide bonds. The van der Waals surface area contributed by atoms with E-state index in [-0.39, 0.29) is 23.6 Å². The van der Waals surface area contributed by atoms with Crippen LogP contribution in [0.25, 0.3) is 5.65 Å². The number of amides is 1. The first-order valence-corrected chi connectivity index (χ1v) is 11.1. The standard InChI is InChI=1S/C22H27N7O3/c1-23-19-11-18(26-15-7-4-10-28(22(15)32)16-8-3-9-17(16)30)27-20-14(12-24-29(19)20)21(31)25-13-5-2-6-13/h4,7,10-13,16-17,23,30H,2-3,5-6,8-9H2,1H3,(H,25,31)(H,26,27). The van der Waals surface area contributed by atoms with E-state index in [9.17, 15) is 14.7 Å². The molecule has 0 saturated heterocycles. The van der Waals surface area contributed by atoms with Gasteiger partial charge in [-0.15, -0.1) is 0 Å². The van der Waals surface area contributed by atoms with Crippen LogP contribution >= 0.6 is 0 Å². The van der Waals surface area contributed by atoms with Crippen LogP contribution in [0, 0.1) is 0 Å². The maximum absolute atomic E-state index is 13.1. The molecule has 5 rings (SSSR count). The Bertz CT molecular complexity index is 1210. The molecule has 0 bridgehead atoms. The average Bonchev–Trinajstić information content (AvgIpc) is 3.38. The monoisotopic (exact) mass is 437 g/mol. The summed E-state index contributed by atoms with van der Waals surface area (Å²) in [5.74, 6) is 0.846. The Morgan fingerprint density at radius 1 is 1.22 bits per heavy atom. The summed E-state index contributed by atoms with van der Waals surface area (Å²) in [5, 5.41) is 23.7. The quantitative estimate of drug-likeness (QED) is 0.465. The van der Waals surface area contributed by atoms with Gasteiger partial charge in [0.2, 0.25) is 0 Å². The molecule has 0 radical (unpaired) electrons. The Morgan fingerprint density at radius 3 is 2.72 bits per heavy atom. The molecule has 0 spiro atoms. The SMILES string of the molecule is CNc1cc(Nc2cccn(C3CCCC3O)c2=O)nc2c(C(=O)NC3CCC3)cnn12. The first-order valence-electron chi connectivity index (χ1n) is 11.1. The van der Waals surface area contributed by atoms with E-state index in [0.29, 0.717) is 35.0 Å². The summed E-state index contributed by atoms with van der Waals surface area (Å²) in [6, 6.07) is 5.18. The second kappa shape index (κ2) is 8.27. The second-order valence-corrected chi connectivity index (χ2v) is 8.50. The van der Waals surface area contributed by atoms with Crippen molar-refractivity contribution in [3.05, 3.63) is 46.5 Å². The van der Waals surface area contributed by atoms with Crippen molar-refractivity contribution in [2.45, 2.75) is 56.7 Å². The molecule has 32 heavy (non-hydrogen) atoms. The minimum absolute atomic E-state index is 0.200. The molecule has 2 unspecified atom stereocenters. The van der Waals surface area contributed by atoms with Crippen molar-refractivity contribution in [2.24, 2.45) is 0 Å². The molecule has 3 aromatic heterocycles. The van der Waals surface area contributed by atoms with Gasteiger partial charge in [0.1, 0.15) is 22.9 Å². The minimum Gasteiger partial charge on any atom is -0.391 e. The van der Waals surface area contributed by atoms with Crippen molar-refractivity contribution < 1.29 is 9.90 Å². The van der Waals surface area contributed by atoms with Crippen LogP contribution in [0.5, 0.6) is 0 Å². The molecule has 2 fully saturated rings. The summed E-state index contributed by atoms with van der Waals surface area (Å²) in [4.78, 5) is 30.4. The van der Waals surface area contributed by atoms with Gasteiger partial charge in [-0.3, -0.25) is 9.59 Å². The Balaban J connectivity index is 1.49. The normalized spacial score (nSPS) is 20.8. The summed E-state index contributed by atoms with van der Waals surface area (Å²) in [5.41, 5.74) is 0.920. The van der Waals surface area contributed by atoms with Crippen LogP contribution in [0.3, 0.4) is 0 Å². The number of nitrogens with zero attached hydrogens (tertiary/aromatic N) is 4. The van der Waals surface area contributed by atoms with E-state index < -0.39 is 6.10 Å². The van der Waals surface area contributed by atoms with E-state index in [0.717, 1.165) is 32.1 Å². The molecule has 4 N–H and O–H groups in total. The van der Waals surface area contributed by atoms with Crippen molar-refractivity contribution in [3.63, 3.8) is 0 Å². The van der Waals surface area contributed by atoms with Gasteiger partial charge >= 0.3 is 0 Å². The Hall–Kier alpha value is -3.40. The van der Waals surface area contributed by atoms with Crippen LogP contribution in [-0.2, 0) is 0 Å². The van der Waals surface area contributed by atoms with E-state index in [2.05, 4.69) is 26.0 Å². The number of aliphatic hydroxyl groups excluding tert-OH is 1. The maximum Gasteiger partial charge on any atom is 0.274 e. The average molecular weight is 438 g/mol. The number of hydrogen-bond donors (Lipinski definition) is 4. The topological polar surface area (TPSA) is 126 Å². The highest BCUT2D eigenvalue weighted by molar-refractivity contribution is 6.00. The lowest BCUT2D eigenvalue weighted by atomic mass is 9.93. The van der Waals surface area contributed by atoms with Gasteiger partial charge in [-0.25, -0.2) is 4.98 Å². The molecule has 2 saturated carbocycles. The van der Waals surface area contributed by atoms with E-state index in [4.69, 9.17) is 0 Å². The summed E-state index contributed by atoms with van der Waals surface area (Å²) in [7, 11) is 1.76. The molecule has 10 heteroatoms. The number of carbonyl (C=O) groups excluding carboxylic acids is 1. The highest BCUT2D eigenvalue weighted by atomic mass is 16.3. The largest absolute Gasteiger partial charge is 0.391 e. The molecule has 2 atom stereocenters. The lowest BCUT2D eigenvalue weighted by Gasteiger charge is -2.26. The number of fused-ring (bicyclic) bond motifs is 1. The molecule has 0 aliphatic heterocycles. The first kappa shape index (κ1) is 20.5. The Morgan fingerprint density at radius 2 is 2.03 bits per heavy atom. The number of rotatable bonds is 6. The van der Waals surface area contributed by atoms with Crippen LogP contribution < -0.4 is 21.5 Å². The number of carbonyl (C=O) groups is 1. The van der Waals surface area contributed by atoms with Crippen molar-refractivity contribution in [1.29, 1.82) is 0 Å². The van der Waals surface area contributed by atoms with Gasteiger partial charge in [-0.1, -0.05) is 0 Å². The van der Waals surface area contributed by atoms with Crippen molar-refractivity contribution in [1.82, 2.24) is 24.5 Å². The molecule has 3 heterocycles. The zero-order chi connectivity index (χ0) is 22.2. The van der Waals surface area contributed by atoms with Crippen LogP contribution in [0.15, 0.2) is 35.4 Å². The van der Waals surface area contributed by atoms with Gasteiger partial charge in [0.25, 0.3) is 11.5 Å². The van der Waals surface area contributed by atoms with Crippen LogP contribution in [0.4, 0.5) is 17.3 Å². The van der Waals surface area contributed by atoms with Crippen LogP contribution in [-0.4, -0.2) is 49.4 Å². The number of anilines is 3. The van der Waals surface area contributed by atoms with Crippen molar-refractivity contribution in [3.8, 4) is 0 Å². The number of hydrogen-bond acceptors (Lipinski definition) is 7. The van der Waals surface area contributed by atoms with Gasteiger partial charge < -0.3 is 25.6 Å². The fourth-order valence-electron chi connectivity index (χ4n) is 4.43. The zero-order valence-corrected chi connectivity index (χ0v) is 17.9. The number of aromatic nitrogens is 4. The molecule has 3 aromatic rings.